The van der Waals surface area contributed by atoms with E-state index in [0.717, 1.165) is 0 Å². The van der Waals surface area contributed by atoms with Crippen molar-refractivity contribution < 1.29 is 18.6 Å². The molecule has 1 unspecified atom stereocenters. The fourth-order valence-corrected chi connectivity index (χ4v) is 2.66. The molecule has 18 heavy (non-hydrogen) atoms. The Balaban J connectivity index is 2.87. The normalized spacial score (nSPS) is 13.8. The Labute approximate surface area is 108 Å². The zero-order valence-corrected chi connectivity index (χ0v) is 11.5. The van der Waals surface area contributed by atoms with Gasteiger partial charge in [-0.05, 0) is 44.4 Å². The third-order valence-corrected chi connectivity index (χ3v) is 5.02. The van der Waals surface area contributed by atoms with E-state index in [-0.39, 0.29) is 11.5 Å². The zero-order chi connectivity index (χ0) is 13.8. The molecule has 0 aromatic heterocycles. The van der Waals surface area contributed by atoms with E-state index in [1.807, 2.05) is 0 Å². The molecule has 0 aliphatic heterocycles. The Bertz CT molecular complexity index is 462. The predicted molar refractivity (Wildman–Crippen MR) is 70.0 cm³/mol. The van der Waals surface area contributed by atoms with Crippen molar-refractivity contribution >= 4 is 9.84 Å². The Morgan fingerprint density at radius 2 is 1.72 bits per heavy atom. The summed E-state index contributed by atoms with van der Waals surface area (Å²) in [5.74, 6) is 0. The Kier molecular flexibility index (Phi) is 5.31. The van der Waals surface area contributed by atoms with Gasteiger partial charge in [0, 0.05) is 6.61 Å². The summed E-state index contributed by atoms with van der Waals surface area (Å²) in [5, 5.41) is 18.0. The van der Waals surface area contributed by atoms with Gasteiger partial charge >= 0.3 is 0 Å². The van der Waals surface area contributed by atoms with Crippen LogP contribution in [0, 0.1) is 0 Å². The highest BCUT2D eigenvalue weighted by molar-refractivity contribution is 7.92. The molecular formula is C13H20O4S. The van der Waals surface area contributed by atoms with E-state index in [9.17, 15) is 13.5 Å². The fraction of sp³-hybridized carbons (Fsp3) is 0.538. The first-order chi connectivity index (χ1) is 8.39. The minimum atomic E-state index is -3.26. The molecule has 0 fully saturated rings. The van der Waals surface area contributed by atoms with E-state index in [2.05, 4.69) is 0 Å². The SMILES string of the molecule is CC(C)S(=O)(=O)c1ccc(C(O)CCCO)cc1. The molecule has 0 amide bonds. The molecule has 0 bridgehead atoms. The van der Waals surface area contributed by atoms with E-state index in [1.165, 1.54) is 12.1 Å². The van der Waals surface area contributed by atoms with Crippen molar-refractivity contribution in [2.45, 2.75) is 42.9 Å². The maximum absolute atomic E-state index is 11.9. The van der Waals surface area contributed by atoms with E-state index in [0.29, 0.717) is 18.4 Å². The first-order valence-electron chi connectivity index (χ1n) is 6.02. The van der Waals surface area contributed by atoms with Crippen LogP contribution in [-0.4, -0.2) is 30.5 Å². The Morgan fingerprint density at radius 3 is 2.17 bits per heavy atom. The molecule has 0 aliphatic carbocycles. The molecule has 1 aromatic carbocycles. The maximum Gasteiger partial charge on any atom is 0.180 e. The number of aliphatic hydroxyl groups excluding tert-OH is 2. The molecule has 0 heterocycles. The first kappa shape index (κ1) is 15.1. The largest absolute Gasteiger partial charge is 0.396 e. The lowest BCUT2D eigenvalue weighted by atomic mass is 10.1. The summed E-state index contributed by atoms with van der Waals surface area (Å²) in [6.07, 6.45) is 0.327. The minimum absolute atomic E-state index is 0.0386. The number of benzene rings is 1. The second-order valence-electron chi connectivity index (χ2n) is 4.54. The lowest BCUT2D eigenvalue weighted by Crippen LogP contribution is -2.14. The molecule has 5 heteroatoms. The van der Waals surface area contributed by atoms with Crippen LogP contribution in [0.15, 0.2) is 29.2 Å². The van der Waals surface area contributed by atoms with Crippen LogP contribution in [0.3, 0.4) is 0 Å². The quantitative estimate of drug-likeness (QED) is 0.826. The molecular weight excluding hydrogens is 252 g/mol. The molecule has 0 saturated heterocycles. The summed E-state index contributed by atoms with van der Waals surface area (Å²) in [6.45, 7) is 3.32. The summed E-state index contributed by atoms with van der Waals surface area (Å²) in [6, 6.07) is 6.29. The molecule has 1 rings (SSSR count). The van der Waals surface area contributed by atoms with Crippen molar-refractivity contribution in [3.63, 3.8) is 0 Å². The van der Waals surface area contributed by atoms with Gasteiger partial charge in [-0.2, -0.15) is 0 Å². The second kappa shape index (κ2) is 6.31. The van der Waals surface area contributed by atoms with E-state index >= 15 is 0 Å². The van der Waals surface area contributed by atoms with Gasteiger partial charge in [-0.1, -0.05) is 12.1 Å². The van der Waals surface area contributed by atoms with Gasteiger partial charge in [0.05, 0.1) is 16.2 Å². The fourth-order valence-electron chi connectivity index (χ4n) is 1.60. The monoisotopic (exact) mass is 272 g/mol. The maximum atomic E-state index is 11.9. The van der Waals surface area contributed by atoms with Crippen LogP contribution < -0.4 is 0 Å². The van der Waals surface area contributed by atoms with Gasteiger partial charge in [-0.3, -0.25) is 0 Å². The van der Waals surface area contributed by atoms with Crippen LogP contribution in [0.2, 0.25) is 0 Å². The molecule has 1 aromatic rings. The van der Waals surface area contributed by atoms with Crippen molar-refractivity contribution in [1.82, 2.24) is 0 Å². The summed E-state index contributed by atoms with van der Waals surface area (Å²) in [7, 11) is -3.26. The average Bonchev–Trinajstić information content (AvgIpc) is 2.35. The highest BCUT2D eigenvalue weighted by atomic mass is 32.2. The van der Waals surface area contributed by atoms with Gasteiger partial charge < -0.3 is 10.2 Å². The van der Waals surface area contributed by atoms with Gasteiger partial charge in [0.15, 0.2) is 9.84 Å². The number of rotatable bonds is 6. The molecule has 0 saturated carbocycles. The lowest BCUT2D eigenvalue weighted by Gasteiger charge is -2.12. The van der Waals surface area contributed by atoms with Gasteiger partial charge in [-0.25, -0.2) is 8.42 Å². The topological polar surface area (TPSA) is 74.6 Å². The van der Waals surface area contributed by atoms with Gasteiger partial charge in [-0.15, -0.1) is 0 Å². The summed E-state index contributed by atoms with van der Waals surface area (Å²) in [5.41, 5.74) is 0.672. The first-order valence-corrected chi connectivity index (χ1v) is 7.57. The third-order valence-electron chi connectivity index (χ3n) is 2.85. The smallest absolute Gasteiger partial charge is 0.180 e. The van der Waals surface area contributed by atoms with Crippen molar-refractivity contribution in [1.29, 1.82) is 0 Å². The molecule has 0 aliphatic rings. The predicted octanol–water partition coefficient (Wildman–Crippen LogP) is 1.67. The van der Waals surface area contributed by atoms with Gasteiger partial charge in [0.25, 0.3) is 0 Å². The lowest BCUT2D eigenvalue weighted by molar-refractivity contribution is 0.152. The third kappa shape index (κ3) is 3.54. The van der Waals surface area contributed by atoms with Crippen LogP contribution >= 0.6 is 0 Å². The minimum Gasteiger partial charge on any atom is -0.396 e. The number of hydrogen-bond donors (Lipinski definition) is 2. The van der Waals surface area contributed by atoms with Crippen molar-refractivity contribution in [2.75, 3.05) is 6.61 Å². The van der Waals surface area contributed by atoms with Crippen molar-refractivity contribution in [3.8, 4) is 0 Å². The van der Waals surface area contributed by atoms with Crippen LogP contribution in [-0.2, 0) is 9.84 Å². The molecule has 1 atom stereocenters. The zero-order valence-electron chi connectivity index (χ0n) is 10.7. The van der Waals surface area contributed by atoms with Crippen molar-refractivity contribution in [3.05, 3.63) is 29.8 Å². The number of aliphatic hydroxyl groups is 2. The molecule has 0 spiro atoms. The molecule has 102 valence electrons. The standard InChI is InChI=1S/C13H20O4S/c1-10(2)18(16,17)12-7-5-11(6-8-12)13(15)4-3-9-14/h5-8,10,13-15H,3-4,9H2,1-2H3. The number of hydrogen-bond acceptors (Lipinski definition) is 4. The Morgan fingerprint density at radius 1 is 1.17 bits per heavy atom. The van der Waals surface area contributed by atoms with Crippen LogP contribution in [0.1, 0.15) is 38.4 Å². The van der Waals surface area contributed by atoms with Crippen LogP contribution in [0.4, 0.5) is 0 Å². The highest BCUT2D eigenvalue weighted by Gasteiger charge is 2.19. The van der Waals surface area contributed by atoms with Crippen molar-refractivity contribution in [2.24, 2.45) is 0 Å². The summed E-state index contributed by atoms with van der Waals surface area (Å²) in [4.78, 5) is 0.274. The Hall–Kier alpha value is -0.910. The van der Waals surface area contributed by atoms with E-state index < -0.39 is 21.2 Å². The number of sulfone groups is 1. The summed E-state index contributed by atoms with van der Waals surface area (Å²) < 4.78 is 23.8. The second-order valence-corrected chi connectivity index (χ2v) is 7.05. The molecule has 2 N–H and O–H groups in total. The van der Waals surface area contributed by atoms with Gasteiger partial charge in [0.1, 0.15) is 0 Å². The average molecular weight is 272 g/mol. The van der Waals surface area contributed by atoms with Crippen LogP contribution in [0.5, 0.6) is 0 Å². The summed E-state index contributed by atoms with van der Waals surface area (Å²) >= 11 is 0. The van der Waals surface area contributed by atoms with Crippen LogP contribution in [0.25, 0.3) is 0 Å². The highest BCUT2D eigenvalue weighted by Crippen LogP contribution is 2.22. The van der Waals surface area contributed by atoms with Gasteiger partial charge in [0.2, 0.25) is 0 Å². The van der Waals surface area contributed by atoms with E-state index in [1.54, 1.807) is 26.0 Å². The molecule has 4 nitrogen and oxygen atoms in total. The van der Waals surface area contributed by atoms with E-state index in [4.69, 9.17) is 5.11 Å². The molecule has 0 radical (unpaired) electrons.